The van der Waals surface area contributed by atoms with Crippen molar-refractivity contribution in [3.8, 4) is 0 Å². The van der Waals surface area contributed by atoms with E-state index in [1.54, 1.807) is 0 Å². The largest absolute Gasteiger partial charge is 0.316 e. The highest BCUT2D eigenvalue weighted by atomic mass is 15.4. The Hall–Kier alpha value is -1.46. The predicted octanol–water partition coefficient (Wildman–Crippen LogP) is 2.68. The maximum absolute atomic E-state index is 3.72. The summed E-state index contributed by atoms with van der Waals surface area (Å²) in [5, 5.41) is 6.40. The Labute approximate surface area is 150 Å². The second-order valence-electron chi connectivity index (χ2n) is 7.60. The standard InChI is InChI=1S/C21H30N4/c1-25-13-5-8-18(25)11-12-22-14-17-15-23-24-21(17)20-10-4-7-16-6-2-3-9-19(16)20/h2-4,6-7,9-10,17-18,21-24H,5,8,11-15H2,1H3. The average Bonchev–Trinajstić information content (AvgIpc) is 3.27. The fourth-order valence-electron chi connectivity index (χ4n) is 4.48. The fraction of sp³-hybridized carbons (Fsp3) is 0.524. The summed E-state index contributed by atoms with van der Waals surface area (Å²) in [5.41, 5.74) is 8.29. The van der Waals surface area contributed by atoms with E-state index < -0.39 is 0 Å². The van der Waals surface area contributed by atoms with Crippen molar-refractivity contribution in [2.75, 3.05) is 33.2 Å². The molecule has 2 aliphatic rings. The highest BCUT2D eigenvalue weighted by Gasteiger charge is 2.29. The molecule has 3 atom stereocenters. The Bertz CT molecular complexity index is 696. The molecule has 2 fully saturated rings. The quantitative estimate of drug-likeness (QED) is 0.708. The van der Waals surface area contributed by atoms with Crippen LogP contribution in [0.3, 0.4) is 0 Å². The molecule has 4 rings (SSSR count). The van der Waals surface area contributed by atoms with Crippen molar-refractivity contribution < 1.29 is 0 Å². The molecule has 0 bridgehead atoms. The first-order chi connectivity index (χ1) is 12.3. The van der Waals surface area contributed by atoms with E-state index in [1.807, 2.05) is 0 Å². The van der Waals surface area contributed by atoms with E-state index >= 15 is 0 Å². The van der Waals surface area contributed by atoms with Gasteiger partial charge in [-0.15, -0.1) is 0 Å². The molecule has 2 aliphatic heterocycles. The number of hydrogen-bond donors (Lipinski definition) is 3. The lowest BCUT2D eigenvalue weighted by Gasteiger charge is -2.22. The van der Waals surface area contributed by atoms with Gasteiger partial charge in [-0.05, 0) is 55.7 Å². The van der Waals surface area contributed by atoms with Crippen LogP contribution in [0.4, 0.5) is 0 Å². The van der Waals surface area contributed by atoms with E-state index in [9.17, 15) is 0 Å². The topological polar surface area (TPSA) is 39.3 Å². The molecule has 3 N–H and O–H groups in total. The molecule has 3 unspecified atom stereocenters. The normalized spacial score (nSPS) is 27.3. The Morgan fingerprint density at radius 1 is 1.16 bits per heavy atom. The Morgan fingerprint density at radius 3 is 2.92 bits per heavy atom. The minimum atomic E-state index is 0.368. The number of nitrogens with zero attached hydrogens (tertiary/aromatic N) is 1. The third kappa shape index (κ3) is 3.72. The Kier molecular flexibility index (Phi) is 5.32. The molecule has 0 aliphatic carbocycles. The monoisotopic (exact) mass is 338 g/mol. The first-order valence-electron chi connectivity index (χ1n) is 9.70. The van der Waals surface area contributed by atoms with E-state index in [1.165, 1.54) is 42.1 Å². The maximum Gasteiger partial charge on any atom is 0.0521 e. The van der Waals surface area contributed by atoms with Crippen LogP contribution in [-0.2, 0) is 0 Å². The highest BCUT2D eigenvalue weighted by Crippen LogP contribution is 2.30. The molecular weight excluding hydrogens is 308 g/mol. The zero-order chi connectivity index (χ0) is 17.1. The lowest BCUT2D eigenvalue weighted by molar-refractivity contribution is 0.291. The van der Waals surface area contributed by atoms with E-state index in [0.717, 1.165) is 25.7 Å². The summed E-state index contributed by atoms with van der Waals surface area (Å²) >= 11 is 0. The summed E-state index contributed by atoms with van der Waals surface area (Å²) < 4.78 is 0. The molecule has 4 heteroatoms. The van der Waals surface area contributed by atoms with Crippen molar-refractivity contribution in [2.24, 2.45) is 5.92 Å². The highest BCUT2D eigenvalue weighted by molar-refractivity contribution is 5.86. The average molecular weight is 338 g/mol. The minimum absolute atomic E-state index is 0.368. The number of rotatable bonds is 6. The van der Waals surface area contributed by atoms with E-state index in [-0.39, 0.29) is 0 Å². The third-order valence-electron chi connectivity index (χ3n) is 5.98. The van der Waals surface area contributed by atoms with Gasteiger partial charge in [-0.3, -0.25) is 5.43 Å². The van der Waals surface area contributed by atoms with Crippen molar-refractivity contribution in [3.05, 3.63) is 48.0 Å². The number of benzene rings is 2. The van der Waals surface area contributed by atoms with Gasteiger partial charge in [0.15, 0.2) is 0 Å². The van der Waals surface area contributed by atoms with Crippen LogP contribution in [0.25, 0.3) is 10.8 Å². The van der Waals surface area contributed by atoms with Crippen LogP contribution < -0.4 is 16.2 Å². The van der Waals surface area contributed by atoms with Crippen LogP contribution in [0.15, 0.2) is 42.5 Å². The van der Waals surface area contributed by atoms with Crippen LogP contribution in [0.5, 0.6) is 0 Å². The number of hydrogen-bond acceptors (Lipinski definition) is 4. The summed E-state index contributed by atoms with van der Waals surface area (Å²) in [5.74, 6) is 0.576. The third-order valence-corrected chi connectivity index (χ3v) is 5.98. The molecule has 2 aromatic carbocycles. The summed E-state index contributed by atoms with van der Waals surface area (Å²) in [4.78, 5) is 2.51. The van der Waals surface area contributed by atoms with E-state index in [4.69, 9.17) is 0 Å². The summed E-state index contributed by atoms with van der Waals surface area (Å²) in [7, 11) is 2.26. The number of likely N-dealkylation sites (tertiary alicyclic amines) is 1. The van der Waals surface area contributed by atoms with Crippen molar-refractivity contribution in [1.82, 2.24) is 21.1 Å². The van der Waals surface area contributed by atoms with Crippen molar-refractivity contribution >= 4 is 10.8 Å². The number of nitrogens with one attached hydrogen (secondary N) is 3. The zero-order valence-corrected chi connectivity index (χ0v) is 15.2. The zero-order valence-electron chi connectivity index (χ0n) is 15.2. The lowest BCUT2D eigenvalue weighted by Crippen LogP contribution is -2.33. The van der Waals surface area contributed by atoms with Gasteiger partial charge in [0.1, 0.15) is 0 Å². The Morgan fingerprint density at radius 2 is 2.04 bits per heavy atom. The van der Waals surface area contributed by atoms with Gasteiger partial charge in [-0.25, -0.2) is 5.43 Å². The van der Waals surface area contributed by atoms with Crippen molar-refractivity contribution in [1.29, 1.82) is 0 Å². The summed E-state index contributed by atoms with van der Waals surface area (Å²) in [6.07, 6.45) is 3.99. The van der Waals surface area contributed by atoms with Gasteiger partial charge in [-0.2, -0.15) is 0 Å². The van der Waals surface area contributed by atoms with Crippen molar-refractivity contribution in [3.63, 3.8) is 0 Å². The van der Waals surface area contributed by atoms with Crippen LogP contribution in [0, 0.1) is 5.92 Å². The van der Waals surface area contributed by atoms with Gasteiger partial charge >= 0.3 is 0 Å². The predicted molar refractivity (Wildman–Crippen MR) is 104 cm³/mol. The molecule has 0 aromatic heterocycles. The molecule has 2 aromatic rings. The van der Waals surface area contributed by atoms with Gasteiger partial charge in [0.25, 0.3) is 0 Å². The first kappa shape index (κ1) is 17.0. The summed E-state index contributed by atoms with van der Waals surface area (Å²) in [6.45, 7) is 4.46. The van der Waals surface area contributed by atoms with Crippen LogP contribution in [0.2, 0.25) is 0 Å². The molecule has 4 nitrogen and oxygen atoms in total. The molecule has 134 valence electrons. The molecule has 0 amide bonds. The fourth-order valence-corrected chi connectivity index (χ4v) is 4.48. The van der Waals surface area contributed by atoms with Gasteiger partial charge in [-0.1, -0.05) is 42.5 Å². The molecule has 2 saturated heterocycles. The molecule has 25 heavy (non-hydrogen) atoms. The summed E-state index contributed by atoms with van der Waals surface area (Å²) in [6, 6.07) is 16.5. The first-order valence-corrected chi connectivity index (χ1v) is 9.70. The second kappa shape index (κ2) is 7.83. The van der Waals surface area contributed by atoms with E-state index in [0.29, 0.717) is 12.0 Å². The lowest BCUT2D eigenvalue weighted by atomic mass is 9.91. The van der Waals surface area contributed by atoms with E-state index in [2.05, 4.69) is 70.6 Å². The van der Waals surface area contributed by atoms with Crippen LogP contribution >= 0.6 is 0 Å². The number of hydrazine groups is 1. The molecule has 0 saturated carbocycles. The minimum Gasteiger partial charge on any atom is -0.316 e. The maximum atomic E-state index is 3.72. The van der Waals surface area contributed by atoms with Gasteiger partial charge in [0.05, 0.1) is 6.04 Å². The second-order valence-corrected chi connectivity index (χ2v) is 7.60. The molecular formula is C21H30N4. The smallest absolute Gasteiger partial charge is 0.0521 e. The van der Waals surface area contributed by atoms with Crippen LogP contribution in [0.1, 0.15) is 30.9 Å². The van der Waals surface area contributed by atoms with Crippen molar-refractivity contribution in [2.45, 2.75) is 31.3 Å². The molecule has 0 radical (unpaired) electrons. The SMILES string of the molecule is CN1CCCC1CCNCC1CNNC1c1cccc2ccccc12. The Balaban J connectivity index is 1.37. The van der Waals surface area contributed by atoms with Gasteiger partial charge in [0.2, 0.25) is 0 Å². The van der Waals surface area contributed by atoms with Gasteiger partial charge < -0.3 is 10.2 Å². The van der Waals surface area contributed by atoms with Gasteiger partial charge in [0, 0.05) is 25.0 Å². The number of fused-ring (bicyclic) bond motifs is 1. The molecule has 2 heterocycles. The van der Waals surface area contributed by atoms with Crippen LogP contribution in [-0.4, -0.2) is 44.2 Å². The molecule has 0 spiro atoms.